The van der Waals surface area contributed by atoms with Crippen LogP contribution in [0.2, 0.25) is 0 Å². The molecule has 3 aromatic rings. The van der Waals surface area contributed by atoms with Gasteiger partial charge in [0.1, 0.15) is 0 Å². The number of thiophene rings is 1. The Balaban J connectivity index is 1.36. The monoisotopic (exact) mass is 452 g/mol. The Hall–Kier alpha value is -2.64. The second-order valence-corrected chi connectivity index (χ2v) is 11.3. The summed E-state index contributed by atoms with van der Waals surface area (Å²) in [6.07, 6.45) is 0. The zero-order valence-electron chi connectivity index (χ0n) is 17.6. The summed E-state index contributed by atoms with van der Waals surface area (Å²) >= 11 is 1.41. The van der Waals surface area contributed by atoms with Crippen molar-refractivity contribution in [2.75, 3.05) is 31.1 Å². The molecule has 1 amide bonds. The third kappa shape index (κ3) is 3.55. The van der Waals surface area contributed by atoms with Crippen molar-refractivity contribution in [2.45, 2.75) is 24.5 Å². The van der Waals surface area contributed by atoms with Gasteiger partial charge in [-0.05, 0) is 43.2 Å². The number of rotatable bonds is 2. The van der Waals surface area contributed by atoms with Crippen molar-refractivity contribution in [3.8, 4) is 10.4 Å². The molecule has 1 saturated heterocycles. The lowest BCUT2D eigenvalue weighted by atomic mass is 10.1. The minimum absolute atomic E-state index is 0.00504. The number of hydrogen-bond acceptors (Lipinski definition) is 5. The van der Waals surface area contributed by atoms with E-state index >= 15 is 0 Å². The number of nitrogens with zero attached hydrogens (tertiary/aromatic N) is 2. The maximum atomic E-state index is 13.2. The molecule has 0 bridgehead atoms. The van der Waals surface area contributed by atoms with Gasteiger partial charge in [0.25, 0.3) is 5.91 Å². The van der Waals surface area contributed by atoms with Crippen LogP contribution in [0.3, 0.4) is 0 Å². The fraction of sp³-hybridized carbons (Fsp3) is 0.292. The van der Waals surface area contributed by atoms with Gasteiger partial charge in [0.15, 0.2) is 9.84 Å². The average molecular weight is 453 g/mol. The third-order valence-electron chi connectivity index (χ3n) is 6.09. The maximum absolute atomic E-state index is 13.2. The first-order valence-electron chi connectivity index (χ1n) is 10.4. The summed E-state index contributed by atoms with van der Waals surface area (Å²) in [7, 11) is -3.36. The largest absolute Gasteiger partial charge is 0.368 e. The van der Waals surface area contributed by atoms with Crippen molar-refractivity contribution in [3.63, 3.8) is 0 Å². The normalized spacial score (nSPS) is 17.2. The second kappa shape index (κ2) is 7.50. The van der Waals surface area contributed by atoms with Crippen LogP contribution >= 0.6 is 11.3 Å². The second-order valence-electron chi connectivity index (χ2n) is 8.29. The van der Waals surface area contributed by atoms with Crippen LogP contribution in [0.1, 0.15) is 26.4 Å². The third-order valence-corrected chi connectivity index (χ3v) is 9.01. The highest BCUT2D eigenvalue weighted by Gasteiger charge is 2.32. The number of benzene rings is 2. The molecule has 3 heterocycles. The van der Waals surface area contributed by atoms with Crippen LogP contribution in [0, 0.1) is 13.8 Å². The minimum Gasteiger partial charge on any atom is -0.368 e. The van der Waals surface area contributed by atoms with Gasteiger partial charge in [-0.3, -0.25) is 4.79 Å². The molecule has 0 atom stereocenters. The number of anilines is 1. The molecule has 0 saturated carbocycles. The van der Waals surface area contributed by atoms with Crippen LogP contribution in [0.4, 0.5) is 5.69 Å². The van der Waals surface area contributed by atoms with Crippen LogP contribution in [-0.4, -0.2) is 45.4 Å². The smallest absolute Gasteiger partial charge is 0.264 e. The number of piperazine rings is 1. The Labute approximate surface area is 186 Å². The molecule has 2 aliphatic heterocycles. The van der Waals surface area contributed by atoms with E-state index in [0.717, 1.165) is 23.5 Å². The number of carbonyl (C=O) groups is 1. The van der Waals surface area contributed by atoms with E-state index in [1.165, 1.54) is 28.2 Å². The Bertz CT molecular complexity index is 1290. The van der Waals surface area contributed by atoms with E-state index in [2.05, 4.69) is 36.9 Å². The predicted molar refractivity (Wildman–Crippen MR) is 125 cm³/mol. The van der Waals surface area contributed by atoms with Crippen LogP contribution in [0.25, 0.3) is 10.4 Å². The number of carbonyl (C=O) groups excluding carboxylic acids is 1. The number of hydrogen-bond donors (Lipinski definition) is 0. The Morgan fingerprint density at radius 1 is 0.968 bits per heavy atom. The summed E-state index contributed by atoms with van der Waals surface area (Å²) < 4.78 is 25.3. The predicted octanol–water partition coefficient (Wildman–Crippen LogP) is 4.28. The van der Waals surface area contributed by atoms with E-state index in [0.29, 0.717) is 28.4 Å². The van der Waals surface area contributed by atoms with Crippen LogP contribution in [0.15, 0.2) is 53.4 Å². The highest BCUT2D eigenvalue weighted by Crippen LogP contribution is 2.43. The zero-order valence-corrected chi connectivity index (χ0v) is 19.2. The summed E-state index contributed by atoms with van der Waals surface area (Å²) in [6, 6.07) is 15.3. The van der Waals surface area contributed by atoms with Crippen molar-refractivity contribution in [2.24, 2.45) is 0 Å². The van der Waals surface area contributed by atoms with Crippen molar-refractivity contribution >= 4 is 32.8 Å². The molecule has 0 spiro atoms. The van der Waals surface area contributed by atoms with Gasteiger partial charge in [-0.15, -0.1) is 11.3 Å². The number of sulfone groups is 1. The Morgan fingerprint density at radius 3 is 2.45 bits per heavy atom. The summed E-state index contributed by atoms with van der Waals surface area (Å²) in [5, 5.41) is 0. The van der Waals surface area contributed by atoms with Crippen LogP contribution in [0.5, 0.6) is 0 Å². The van der Waals surface area contributed by atoms with Gasteiger partial charge >= 0.3 is 0 Å². The average Bonchev–Trinajstić information content (AvgIpc) is 3.17. The molecular weight excluding hydrogens is 428 g/mol. The Morgan fingerprint density at radius 2 is 1.71 bits per heavy atom. The Kier molecular flexibility index (Phi) is 4.90. The van der Waals surface area contributed by atoms with Gasteiger partial charge in [-0.2, -0.15) is 0 Å². The van der Waals surface area contributed by atoms with E-state index < -0.39 is 9.84 Å². The zero-order chi connectivity index (χ0) is 21.8. The molecule has 31 heavy (non-hydrogen) atoms. The molecule has 0 N–H and O–H groups in total. The molecule has 2 aliphatic rings. The lowest BCUT2D eigenvalue weighted by molar-refractivity contribution is 0.0751. The molecule has 1 fully saturated rings. The van der Waals surface area contributed by atoms with Crippen molar-refractivity contribution in [1.29, 1.82) is 0 Å². The SMILES string of the molecule is Cc1ccc(N2CCN(C(=O)c3cc4c(s3)-c3ccccc3S(=O)(=O)C4)CC2)c(C)c1. The first-order valence-corrected chi connectivity index (χ1v) is 12.9. The van der Waals surface area contributed by atoms with Crippen molar-refractivity contribution in [3.05, 3.63) is 70.1 Å². The van der Waals surface area contributed by atoms with Gasteiger partial charge in [-0.25, -0.2) is 8.42 Å². The van der Waals surface area contributed by atoms with E-state index in [9.17, 15) is 13.2 Å². The van der Waals surface area contributed by atoms with Crippen LogP contribution in [-0.2, 0) is 15.6 Å². The van der Waals surface area contributed by atoms with Gasteiger partial charge in [0.05, 0.1) is 15.5 Å². The molecular formula is C24H24N2O3S2. The van der Waals surface area contributed by atoms with E-state index in [1.807, 2.05) is 17.0 Å². The summed E-state index contributed by atoms with van der Waals surface area (Å²) in [5.74, 6) is -0.0431. The molecule has 1 aromatic heterocycles. The molecule has 5 rings (SSSR count). The maximum Gasteiger partial charge on any atom is 0.264 e. The summed E-state index contributed by atoms with van der Waals surface area (Å²) in [5.41, 5.74) is 5.19. The van der Waals surface area contributed by atoms with E-state index in [-0.39, 0.29) is 11.7 Å². The first kappa shape index (κ1) is 20.3. The molecule has 0 aliphatic carbocycles. The molecule has 2 aromatic carbocycles. The number of aryl methyl sites for hydroxylation is 2. The van der Waals surface area contributed by atoms with Crippen molar-refractivity contribution < 1.29 is 13.2 Å². The summed E-state index contributed by atoms with van der Waals surface area (Å²) in [6.45, 7) is 7.11. The number of amides is 1. The van der Waals surface area contributed by atoms with Gasteiger partial charge < -0.3 is 9.80 Å². The molecule has 7 heteroatoms. The molecule has 5 nitrogen and oxygen atoms in total. The lowest BCUT2D eigenvalue weighted by Crippen LogP contribution is -2.48. The highest BCUT2D eigenvalue weighted by atomic mass is 32.2. The lowest BCUT2D eigenvalue weighted by Gasteiger charge is -2.36. The van der Waals surface area contributed by atoms with Crippen molar-refractivity contribution in [1.82, 2.24) is 4.90 Å². The number of fused-ring (bicyclic) bond motifs is 3. The van der Waals surface area contributed by atoms with Gasteiger partial charge in [-0.1, -0.05) is 35.9 Å². The quantitative estimate of drug-likeness (QED) is 0.582. The minimum atomic E-state index is -3.36. The van der Waals surface area contributed by atoms with Gasteiger partial charge in [0, 0.05) is 42.3 Å². The topological polar surface area (TPSA) is 57.7 Å². The summed E-state index contributed by atoms with van der Waals surface area (Å²) in [4.78, 5) is 19.3. The molecule has 0 radical (unpaired) electrons. The first-order chi connectivity index (χ1) is 14.8. The molecule has 0 unspecified atom stereocenters. The fourth-order valence-corrected chi connectivity index (χ4v) is 7.47. The highest BCUT2D eigenvalue weighted by molar-refractivity contribution is 7.91. The van der Waals surface area contributed by atoms with E-state index in [4.69, 9.17) is 0 Å². The standard InChI is InChI=1S/C24H24N2O3S2/c1-16-7-8-20(17(2)13-16)25-9-11-26(12-10-25)24(27)21-14-18-15-31(28,29)22-6-4-3-5-19(22)23(18)30-21/h3-8,13-14H,9-12,15H2,1-2H3. The van der Waals surface area contributed by atoms with Gasteiger partial charge in [0.2, 0.25) is 0 Å². The van der Waals surface area contributed by atoms with Crippen LogP contribution < -0.4 is 4.90 Å². The fourth-order valence-electron chi connectivity index (χ4n) is 4.54. The molecule has 160 valence electrons. The van der Waals surface area contributed by atoms with E-state index in [1.54, 1.807) is 18.2 Å².